The van der Waals surface area contributed by atoms with Crippen molar-refractivity contribution in [2.24, 2.45) is 0 Å². The highest BCUT2D eigenvalue weighted by atomic mass is 35.5. The van der Waals surface area contributed by atoms with E-state index in [9.17, 15) is 20.2 Å². The lowest BCUT2D eigenvalue weighted by atomic mass is 10.1. The summed E-state index contributed by atoms with van der Waals surface area (Å²) in [4.78, 5) is 22.9. The molecule has 31 heavy (non-hydrogen) atoms. The molecular formula is C23H16ClN3O4. The van der Waals surface area contributed by atoms with Crippen LogP contribution in [0.1, 0.15) is 11.1 Å². The number of nitro groups is 1. The van der Waals surface area contributed by atoms with Crippen molar-refractivity contribution in [1.29, 1.82) is 5.26 Å². The van der Waals surface area contributed by atoms with Crippen molar-refractivity contribution in [2.75, 3.05) is 5.32 Å². The quantitative estimate of drug-likeness (QED) is 0.233. The van der Waals surface area contributed by atoms with E-state index in [2.05, 4.69) is 5.32 Å². The second-order valence-electron chi connectivity index (χ2n) is 6.36. The van der Waals surface area contributed by atoms with Gasteiger partial charge in [-0.15, -0.1) is 0 Å². The Morgan fingerprint density at radius 2 is 1.84 bits per heavy atom. The number of hydrogen-bond acceptors (Lipinski definition) is 5. The number of ether oxygens (including phenoxy) is 1. The van der Waals surface area contributed by atoms with E-state index in [-0.39, 0.29) is 22.0 Å². The standard InChI is InChI=1S/C23H16ClN3O4/c24-20-11-10-19(13-21(20)27(29)30)26-23(28)18(14-25)12-17-8-4-5-9-22(17)31-15-16-6-2-1-3-7-16/h1-13H,15H2,(H,26,28)/b18-12+. The Morgan fingerprint density at radius 3 is 2.55 bits per heavy atom. The highest BCUT2D eigenvalue weighted by Crippen LogP contribution is 2.28. The summed E-state index contributed by atoms with van der Waals surface area (Å²) >= 11 is 5.78. The molecule has 0 aliphatic rings. The molecule has 0 heterocycles. The molecule has 0 atom stereocenters. The predicted octanol–water partition coefficient (Wildman–Crippen LogP) is 5.37. The molecule has 0 radical (unpaired) electrons. The van der Waals surface area contributed by atoms with Gasteiger partial charge in [-0.1, -0.05) is 60.1 Å². The molecule has 3 aromatic rings. The van der Waals surface area contributed by atoms with E-state index in [0.29, 0.717) is 17.9 Å². The number of hydrogen-bond donors (Lipinski definition) is 1. The highest BCUT2D eigenvalue weighted by molar-refractivity contribution is 6.32. The minimum absolute atomic E-state index is 0.0523. The fraction of sp³-hybridized carbons (Fsp3) is 0.0435. The van der Waals surface area contributed by atoms with E-state index in [0.717, 1.165) is 11.6 Å². The molecule has 0 saturated carbocycles. The molecule has 7 nitrogen and oxygen atoms in total. The molecule has 0 bridgehead atoms. The van der Waals surface area contributed by atoms with Crippen LogP contribution in [0, 0.1) is 21.4 Å². The van der Waals surface area contributed by atoms with Crippen molar-refractivity contribution in [3.63, 3.8) is 0 Å². The summed E-state index contributed by atoms with van der Waals surface area (Å²) in [5.74, 6) is -0.203. The summed E-state index contributed by atoms with van der Waals surface area (Å²) in [6, 6.07) is 22.3. The van der Waals surface area contributed by atoms with Crippen molar-refractivity contribution < 1.29 is 14.5 Å². The van der Waals surface area contributed by atoms with Gasteiger partial charge in [0.15, 0.2) is 0 Å². The van der Waals surface area contributed by atoms with Crippen molar-refractivity contribution >= 4 is 35.0 Å². The molecule has 3 rings (SSSR count). The Labute approximate surface area is 183 Å². The number of carbonyl (C=O) groups is 1. The van der Waals surface area contributed by atoms with Gasteiger partial charge in [-0.3, -0.25) is 14.9 Å². The third-order valence-corrected chi connectivity index (χ3v) is 4.54. The smallest absolute Gasteiger partial charge is 0.289 e. The number of halogens is 1. The minimum Gasteiger partial charge on any atom is -0.488 e. The van der Waals surface area contributed by atoms with Crippen LogP contribution in [0.2, 0.25) is 5.02 Å². The van der Waals surface area contributed by atoms with Gasteiger partial charge in [-0.2, -0.15) is 5.26 Å². The number of nitro benzene ring substituents is 1. The fourth-order valence-corrected chi connectivity index (χ4v) is 2.89. The van der Waals surface area contributed by atoms with Gasteiger partial charge < -0.3 is 10.1 Å². The molecule has 0 aromatic heterocycles. The zero-order chi connectivity index (χ0) is 22.2. The summed E-state index contributed by atoms with van der Waals surface area (Å²) in [5.41, 5.74) is 1.14. The van der Waals surface area contributed by atoms with Gasteiger partial charge in [0.1, 0.15) is 29.0 Å². The molecule has 0 aliphatic heterocycles. The monoisotopic (exact) mass is 433 g/mol. The van der Waals surface area contributed by atoms with Gasteiger partial charge in [-0.25, -0.2) is 0 Å². The molecule has 0 fully saturated rings. The van der Waals surface area contributed by atoms with Gasteiger partial charge in [0.25, 0.3) is 11.6 Å². The first kappa shape index (κ1) is 21.6. The van der Waals surface area contributed by atoms with Crippen LogP contribution in [0.4, 0.5) is 11.4 Å². The Kier molecular flexibility index (Phi) is 6.99. The van der Waals surface area contributed by atoms with Crippen LogP contribution in [-0.2, 0) is 11.4 Å². The topological polar surface area (TPSA) is 105 Å². The molecule has 3 aromatic carbocycles. The number of anilines is 1. The largest absolute Gasteiger partial charge is 0.488 e. The maximum atomic E-state index is 12.6. The number of amides is 1. The lowest BCUT2D eigenvalue weighted by Gasteiger charge is -2.10. The van der Waals surface area contributed by atoms with E-state index in [1.807, 2.05) is 36.4 Å². The number of nitrogens with one attached hydrogen (secondary N) is 1. The third kappa shape index (κ3) is 5.69. The zero-order valence-electron chi connectivity index (χ0n) is 16.1. The maximum Gasteiger partial charge on any atom is 0.289 e. The van der Waals surface area contributed by atoms with Crippen molar-refractivity contribution in [1.82, 2.24) is 0 Å². The molecule has 8 heteroatoms. The normalized spacial score (nSPS) is 10.8. The van der Waals surface area contributed by atoms with Crippen LogP contribution in [-0.4, -0.2) is 10.8 Å². The molecule has 0 saturated heterocycles. The Morgan fingerprint density at radius 1 is 1.13 bits per heavy atom. The predicted molar refractivity (Wildman–Crippen MR) is 118 cm³/mol. The Hall–Kier alpha value is -4.15. The van der Waals surface area contributed by atoms with Crippen LogP contribution in [0.25, 0.3) is 6.08 Å². The maximum absolute atomic E-state index is 12.6. The van der Waals surface area contributed by atoms with Crippen LogP contribution in [0.15, 0.2) is 78.4 Å². The first-order valence-electron chi connectivity index (χ1n) is 9.11. The number of carbonyl (C=O) groups excluding carboxylic acids is 1. The average molecular weight is 434 g/mol. The Balaban J connectivity index is 1.80. The van der Waals surface area contributed by atoms with E-state index in [4.69, 9.17) is 16.3 Å². The van der Waals surface area contributed by atoms with Gasteiger partial charge in [-0.05, 0) is 29.8 Å². The van der Waals surface area contributed by atoms with E-state index < -0.39 is 10.8 Å². The zero-order valence-corrected chi connectivity index (χ0v) is 16.9. The molecule has 0 unspecified atom stereocenters. The number of nitrogens with zero attached hydrogens (tertiary/aromatic N) is 2. The minimum atomic E-state index is -0.711. The molecule has 0 aliphatic carbocycles. The van der Waals surface area contributed by atoms with E-state index >= 15 is 0 Å². The van der Waals surface area contributed by atoms with Crippen molar-refractivity contribution in [2.45, 2.75) is 6.61 Å². The summed E-state index contributed by atoms with van der Waals surface area (Å²) in [6.07, 6.45) is 1.40. The SMILES string of the molecule is N#C/C(=C\c1ccccc1OCc1ccccc1)C(=O)Nc1ccc(Cl)c([N+](=O)[O-])c1. The lowest BCUT2D eigenvalue weighted by molar-refractivity contribution is -0.384. The number of para-hydroxylation sites is 1. The lowest BCUT2D eigenvalue weighted by Crippen LogP contribution is -2.13. The van der Waals surface area contributed by atoms with Gasteiger partial charge in [0.05, 0.1) is 4.92 Å². The Bertz CT molecular complexity index is 1190. The van der Waals surface area contributed by atoms with Gasteiger partial charge in [0.2, 0.25) is 0 Å². The van der Waals surface area contributed by atoms with Gasteiger partial charge >= 0.3 is 0 Å². The van der Waals surface area contributed by atoms with Crippen LogP contribution in [0.5, 0.6) is 5.75 Å². The van der Waals surface area contributed by atoms with Crippen molar-refractivity contribution in [3.8, 4) is 11.8 Å². The van der Waals surface area contributed by atoms with E-state index in [1.165, 1.54) is 18.2 Å². The summed E-state index contributed by atoms with van der Waals surface area (Å²) in [5, 5.41) is 22.9. The highest BCUT2D eigenvalue weighted by Gasteiger charge is 2.16. The molecule has 0 spiro atoms. The summed E-state index contributed by atoms with van der Waals surface area (Å²) in [7, 11) is 0. The fourth-order valence-electron chi connectivity index (χ4n) is 2.70. The third-order valence-electron chi connectivity index (χ3n) is 4.22. The van der Waals surface area contributed by atoms with Crippen LogP contribution >= 0.6 is 11.6 Å². The van der Waals surface area contributed by atoms with Gasteiger partial charge in [0, 0.05) is 17.3 Å². The molecule has 1 N–H and O–H groups in total. The summed E-state index contributed by atoms with van der Waals surface area (Å²) < 4.78 is 5.85. The first-order valence-corrected chi connectivity index (χ1v) is 9.48. The summed E-state index contributed by atoms with van der Waals surface area (Å²) in [6.45, 7) is 0.328. The van der Waals surface area contributed by atoms with Crippen LogP contribution in [0.3, 0.4) is 0 Å². The number of nitriles is 1. The number of benzene rings is 3. The molecule has 1 amide bonds. The molecular weight excluding hydrogens is 418 g/mol. The number of rotatable bonds is 7. The first-order chi connectivity index (χ1) is 15.0. The van der Waals surface area contributed by atoms with E-state index in [1.54, 1.807) is 24.3 Å². The van der Waals surface area contributed by atoms with Crippen molar-refractivity contribution in [3.05, 3.63) is 105 Å². The average Bonchev–Trinajstić information content (AvgIpc) is 2.78. The van der Waals surface area contributed by atoms with Crippen LogP contribution < -0.4 is 10.1 Å². The second kappa shape index (κ2) is 10.1. The molecule has 154 valence electrons. The second-order valence-corrected chi connectivity index (χ2v) is 6.77.